The van der Waals surface area contributed by atoms with Crippen LogP contribution in [0.25, 0.3) is 11.5 Å². The van der Waals surface area contributed by atoms with Crippen LogP contribution < -0.4 is 4.72 Å². The number of nitrogens with one attached hydrogen (secondary N) is 1. The van der Waals surface area contributed by atoms with Gasteiger partial charge in [0, 0.05) is 30.4 Å². The normalized spacial score (nSPS) is 11.8. The standard InChI is InChI=1S/C17H19ClN4O3S/c1-9-6-7-13(18)8-14(9)21-26(23,24)16-11(3)22(5)10(2)15(16)17-20-19-12(4)25-17/h6-8,21H,1-5H3. The lowest BCUT2D eigenvalue weighted by Gasteiger charge is -2.12. The molecule has 0 spiro atoms. The third-order valence-electron chi connectivity index (χ3n) is 4.38. The van der Waals surface area contributed by atoms with Crippen LogP contribution in [-0.2, 0) is 17.1 Å². The Bertz CT molecular complexity index is 1100. The number of hydrogen-bond acceptors (Lipinski definition) is 5. The molecule has 0 aliphatic rings. The minimum atomic E-state index is -3.91. The minimum Gasteiger partial charge on any atom is -0.421 e. The van der Waals surface area contributed by atoms with Gasteiger partial charge in [0.2, 0.25) is 5.89 Å². The Hall–Kier alpha value is -2.32. The van der Waals surface area contributed by atoms with E-state index in [0.717, 1.165) is 5.56 Å². The topological polar surface area (TPSA) is 90.0 Å². The van der Waals surface area contributed by atoms with Crippen LogP contribution in [0.1, 0.15) is 22.8 Å². The van der Waals surface area contributed by atoms with Crippen molar-refractivity contribution in [3.05, 3.63) is 46.1 Å². The van der Waals surface area contributed by atoms with Gasteiger partial charge in [0.1, 0.15) is 4.90 Å². The number of nitrogens with zero attached hydrogens (tertiary/aromatic N) is 3. The molecule has 2 heterocycles. The number of halogens is 1. The number of aromatic nitrogens is 3. The molecule has 2 aromatic heterocycles. The second kappa shape index (κ2) is 6.44. The maximum Gasteiger partial charge on any atom is 0.264 e. The third-order valence-corrected chi connectivity index (χ3v) is 6.14. The molecule has 1 aromatic carbocycles. The van der Waals surface area contributed by atoms with Crippen molar-refractivity contribution in [2.24, 2.45) is 7.05 Å². The molecule has 26 heavy (non-hydrogen) atoms. The molecule has 9 heteroatoms. The van der Waals surface area contributed by atoms with Gasteiger partial charge in [0.05, 0.1) is 11.3 Å². The van der Waals surface area contributed by atoms with Crippen LogP contribution in [0.4, 0.5) is 5.69 Å². The summed E-state index contributed by atoms with van der Waals surface area (Å²) in [5.74, 6) is 0.537. The summed E-state index contributed by atoms with van der Waals surface area (Å²) in [7, 11) is -2.12. The molecule has 3 rings (SSSR count). The highest BCUT2D eigenvalue weighted by Crippen LogP contribution is 2.35. The smallest absolute Gasteiger partial charge is 0.264 e. The fourth-order valence-electron chi connectivity index (χ4n) is 2.80. The lowest BCUT2D eigenvalue weighted by molar-refractivity contribution is 0.530. The predicted molar refractivity (Wildman–Crippen MR) is 99.9 cm³/mol. The Labute approximate surface area is 157 Å². The van der Waals surface area contributed by atoms with Crippen molar-refractivity contribution in [2.45, 2.75) is 32.6 Å². The molecule has 138 valence electrons. The lowest BCUT2D eigenvalue weighted by Crippen LogP contribution is -2.15. The number of hydrogen-bond donors (Lipinski definition) is 1. The molecule has 0 aliphatic carbocycles. The Morgan fingerprint density at radius 2 is 1.81 bits per heavy atom. The Balaban J connectivity index is 2.19. The van der Waals surface area contributed by atoms with Gasteiger partial charge >= 0.3 is 0 Å². The Morgan fingerprint density at radius 3 is 2.42 bits per heavy atom. The fourth-order valence-corrected chi connectivity index (χ4v) is 4.61. The summed E-state index contributed by atoms with van der Waals surface area (Å²) in [5.41, 5.74) is 2.87. The Kier molecular flexibility index (Phi) is 4.58. The highest BCUT2D eigenvalue weighted by atomic mass is 35.5. The molecule has 0 fully saturated rings. The van der Waals surface area contributed by atoms with Crippen LogP contribution in [0, 0.1) is 27.7 Å². The van der Waals surface area contributed by atoms with E-state index in [2.05, 4.69) is 14.9 Å². The molecule has 0 unspecified atom stereocenters. The van der Waals surface area contributed by atoms with Crippen LogP contribution in [0.2, 0.25) is 5.02 Å². The van der Waals surface area contributed by atoms with Gasteiger partial charge in [-0.1, -0.05) is 17.7 Å². The minimum absolute atomic E-state index is 0.112. The van der Waals surface area contributed by atoms with Crippen molar-refractivity contribution < 1.29 is 12.8 Å². The number of benzene rings is 1. The largest absolute Gasteiger partial charge is 0.421 e. The molecule has 7 nitrogen and oxygen atoms in total. The first-order chi connectivity index (χ1) is 12.1. The van der Waals surface area contributed by atoms with Crippen LogP contribution in [0.15, 0.2) is 27.5 Å². The number of anilines is 1. The monoisotopic (exact) mass is 394 g/mol. The van der Waals surface area contributed by atoms with E-state index in [1.165, 1.54) is 0 Å². The maximum atomic E-state index is 13.2. The van der Waals surface area contributed by atoms with Crippen LogP contribution in [-0.4, -0.2) is 23.2 Å². The van der Waals surface area contributed by atoms with E-state index in [9.17, 15) is 8.42 Å². The highest BCUT2D eigenvalue weighted by molar-refractivity contribution is 7.93. The summed E-state index contributed by atoms with van der Waals surface area (Å²) in [6.07, 6.45) is 0. The molecule has 0 atom stereocenters. The maximum absolute atomic E-state index is 13.2. The molecule has 0 bridgehead atoms. The van der Waals surface area contributed by atoms with Gasteiger partial charge < -0.3 is 8.98 Å². The van der Waals surface area contributed by atoms with Crippen molar-refractivity contribution in [3.63, 3.8) is 0 Å². The van der Waals surface area contributed by atoms with E-state index in [1.54, 1.807) is 50.6 Å². The fraction of sp³-hybridized carbons (Fsp3) is 0.294. The quantitative estimate of drug-likeness (QED) is 0.727. The van der Waals surface area contributed by atoms with Gasteiger partial charge in [-0.2, -0.15) is 0 Å². The second-order valence-electron chi connectivity index (χ2n) is 6.12. The van der Waals surface area contributed by atoms with Crippen LogP contribution in [0.3, 0.4) is 0 Å². The zero-order chi connectivity index (χ0) is 19.2. The van der Waals surface area contributed by atoms with Crippen molar-refractivity contribution in [1.29, 1.82) is 0 Å². The molecule has 0 radical (unpaired) electrons. The van der Waals surface area contributed by atoms with Gasteiger partial charge in [0.15, 0.2) is 0 Å². The number of aryl methyl sites for hydroxylation is 2. The van der Waals surface area contributed by atoms with E-state index in [1.807, 2.05) is 6.92 Å². The second-order valence-corrected chi connectivity index (χ2v) is 8.18. The average molecular weight is 395 g/mol. The van der Waals surface area contributed by atoms with Crippen molar-refractivity contribution in [1.82, 2.24) is 14.8 Å². The number of rotatable bonds is 4. The highest BCUT2D eigenvalue weighted by Gasteiger charge is 2.31. The van der Waals surface area contributed by atoms with Crippen LogP contribution in [0.5, 0.6) is 0 Å². The molecule has 0 amide bonds. The van der Waals surface area contributed by atoms with E-state index >= 15 is 0 Å². The zero-order valence-corrected chi connectivity index (χ0v) is 16.7. The first-order valence-corrected chi connectivity index (χ1v) is 9.73. The van der Waals surface area contributed by atoms with Gasteiger partial charge in [-0.15, -0.1) is 10.2 Å². The van der Waals surface area contributed by atoms with E-state index in [4.69, 9.17) is 16.0 Å². The Morgan fingerprint density at radius 1 is 1.12 bits per heavy atom. The first-order valence-electron chi connectivity index (χ1n) is 7.87. The molecule has 0 saturated heterocycles. The van der Waals surface area contributed by atoms with E-state index in [-0.39, 0.29) is 10.8 Å². The summed E-state index contributed by atoms with van der Waals surface area (Å²) < 4.78 is 36.3. The third kappa shape index (κ3) is 3.10. The number of sulfonamides is 1. The molecule has 1 N–H and O–H groups in total. The average Bonchev–Trinajstić information content (AvgIpc) is 3.08. The molecule has 0 saturated carbocycles. The van der Waals surface area contributed by atoms with Crippen molar-refractivity contribution in [2.75, 3.05) is 4.72 Å². The van der Waals surface area contributed by atoms with Gasteiger partial charge in [0.25, 0.3) is 15.9 Å². The molecular weight excluding hydrogens is 376 g/mol. The summed E-state index contributed by atoms with van der Waals surface area (Å²) >= 11 is 6.01. The lowest BCUT2D eigenvalue weighted by atomic mass is 10.2. The summed E-state index contributed by atoms with van der Waals surface area (Å²) in [6, 6.07) is 5.04. The van der Waals surface area contributed by atoms with E-state index in [0.29, 0.717) is 33.6 Å². The van der Waals surface area contributed by atoms with Gasteiger partial charge in [-0.25, -0.2) is 8.42 Å². The molecule has 3 aromatic rings. The van der Waals surface area contributed by atoms with Crippen molar-refractivity contribution >= 4 is 27.3 Å². The predicted octanol–water partition coefficient (Wildman–Crippen LogP) is 3.76. The molecular formula is C17H19ClN4O3S. The van der Waals surface area contributed by atoms with Crippen LogP contribution >= 0.6 is 11.6 Å². The summed E-state index contributed by atoms with van der Waals surface area (Å²) in [5, 5.41) is 8.26. The van der Waals surface area contributed by atoms with Crippen molar-refractivity contribution in [3.8, 4) is 11.5 Å². The molecule has 0 aliphatic heterocycles. The van der Waals surface area contributed by atoms with Gasteiger partial charge in [-0.05, 0) is 38.5 Å². The summed E-state index contributed by atoms with van der Waals surface area (Å²) in [4.78, 5) is 0.112. The van der Waals surface area contributed by atoms with Gasteiger partial charge in [-0.3, -0.25) is 4.72 Å². The van der Waals surface area contributed by atoms with E-state index < -0.39 is 10.0 Å². The SMILES string of the molecule is Cc1nnc(-c2c(S(=O)(=O)Nc3cc(Cl)ccc3C)c(C)n(C)c2C)o1. The first kappa shape index (κ1) is 18.5. The zero-order valence-electron chi connectivity index (χ0n) is 15.1. The summed E-state index contributed by atoms with van der Waals surface area (Å²) in [6.45, 7) is 7.01.